The van der Waals surface area contributed by atoms with Crippen molar-refractivity contribution in [3.8, 4) is 5.88 Å². The monoisotopic (exact) mass is 271 g/mol. The Morgan fingerprint density at radius 3 is 3.00 bits per heavy atom. The van der Waals surface area contributed by atoms with E-state index in [0.717, 1.165) is 0 Å². The van der Waals surface area contributed by atoms with Crippen LogP contribution in [0.4, 0.5) is 0 Å². The van der Waals surface area contributed by atoms with Crippen LogP contribution in [-0.2, 0) is 0 Å². The van der Waals surface area contributed by atoms with E-state index < -0.39 is 5.97 Å². The van der Waals surface area contributed by atoms with E-state index in [9.17, 15) is 4.79 Å². The number of hydrogen-bond acceptors (Lipinski definition) is 4. The average molecular weight is 272 g/mol. The standard InChI is InChI=1S/C8H6BrN3O3/c1-15-6-2-5(8(13)14)12-7(11-6)4(9)3-10-12/h2-3H,1H3,(H,13,14). The molecule has 1 N–H and O–H groups in total. The third-order valence-electron chi connectivity index (χ3n) is 1.83. The van der Waals surface area contributed by atoms with Gasteiger partial charge in [0.05, 0.1) is 17.8 Å². The highest BCUT2D eigenvalue weighted by Gasteiger charge is 2.15. The van der Waals surface area contributed by atoms with Crippen LogP contribution in [0.5, 0.6) is 5.88 Å². The molecule has 0 fully saturated rings. The predicted molar refractivity (Wildman–Crippen MR) is 54.2 cm³/mol. The van der Waals surface area contributed by atoms with Crippen molar-refractivity contribution >= 4 is 27.5 Å². The first-order valence-corrected chi connectivity index (χ1v) is 4.74. The molecular formula is C8H6BrN3O3. The Kier molecular flexibility index (Phi) is 2.31. The van der Waals surface area contributed by atoms with Crippen molar-refractivity contribution in [2.45, 2.75) is 0 Å². The van der Waals surface area contributed by atoms with Crippen molar-refractivity contribution in [2.75, 3.05) is 7.11 Å². The summed E-state index contributed by atoms with van der Waals surface area (Å²) >= 11 is 3.22. The second kappa shape index (κ2) is 3.50. The van der Waals surface area contributed by atoms with Crippen molar-refractivity contribution in [3.05, 3.63) is 22.4 Å². The zero-order chi connectivity index (χ0) is 11.0. The van der Waals surface area contributed by atoms with Crippen molar-refractivity contribution in [1.29, 1.82) is 0 Å². The molecule has 0 saturated heterocycles. The second-order valence-electron chi connectivity index (χ2n) is 2.72. The van der Waals surface area contributed by atoms with Crippen LogP contribution >= 0.6 is 15.9 Å². The molecule has 0 aliphatic carbocycles. The molecule has 0 bridgehead atoms. The van der Waals surface area contributed by atoms with Crippen molar-refractivity contribution in [1.82, 2.24) is 14.6 Å². The van der Waals surface area contributed by atoms with E-state index in [4.69, 9.17) is 9.84 Å². The van der Waals surface area contributed by atoms with Crippen LogP contribution in [0.3, 0.4) is 0 Å². The molecule has 6 nitrogen and oxygen atoms in total. The minimum Gasteiger partial charge on any atom is -0.481 e. The Morgan fingerprint density at radius 2 is 2.40 bits per heavy atom. The van der Waals surface area contributed by atoms with Crippen molar-refractivity contribution < 1.29 is 14.6 Å². The van der Waals surface area contributed by atoms with Gasteiger partial charge in [-0.2, -0.15) is 10.1 Å². The van der Waals surface area contributed by atoms with Crippen LogP contribution in [0.15, 0.2) is 16.7 Å². The number of fused-ring (bicyclic) bond motifs is 1. The lowest BCUT2D eigenvalue weighted by atomic mass is 10.4. The lowest BCUT2D eigenvalue weighted by Crippen LogP contribution is -2.08. The van der Waals surface area contributed by atoms with Gasteiger partial charge < -0.3 is 9.84 Å². The summed E-state index contributed by atoms with van der Waals surface area (Å²) in [6.45, 7) is 0. The van der Waals surface area contributed by atoms with Crippen molar-refractivity contribution in [3.63, 3.8) is 0 Å². The lowest BCUT2D eigenvalue weighted by Gasteiger charge is -2.03. The van der Waals surface area contributed by atoms with E-state index in [0.29, 0.717) is 10.1 Å². The first-order valence-electron chi connectivity index (χ1n) is 3.95. The molecule has 2 heterocycles. The molecule has 7 heteroatoms. The Labute approximate surface area is 92.6 Å². The number of carboxylic acids is 1. The fourth-order valence-corrected chi connectivity index (χ4v) is 1.52. The van der Waals surface area contributed by atoms with E-state index in [1.54, 1.807) is 0 Å². The summed E-state index contributed by atoms with van der Waals surface area (Å²) in [5.41, 5.74) is 0.411. The first-order chi connectivity index (χ1) is 7.13. The predicted octanol–water partition coefficient (Wildman–Crippen LogP) is 1.20. The number of carbonyl (C=O) groups is 1. The third kappa shape index (κ3) is 1.54. The van der Waals surface area contributed by atoms with E-state index in [1.807, 2.05) is 0 Å². The number of nitrogens with zero attached hydrogens (tertiary/aromatic N) is 3. The maximum absolute atomic E-state index is 10.9. The van der Waals surface area contributed by atoms with Crippen LogP contribution in [0.2, 0.25) is 0 Å². The number of aromatic carboxylic acids is 1. The van der Waals surface area contributed by atoms with Crippen molar-refractivity contribution in [2.24, 2.45) is 0 Å². The fourth-order valence-electron chi connectivity index (χ4n) is 1.17. The molecule has 0 unspecified atom stereocenters. The molecule has 0 saturated carbocycles. The number of carboxylic acid groups (broad SMARTS) is 1. The van der Waals surface area contributed by atoms with Gasteiger partial charge in [0.15, 0.2) is 11.3 Å². The zero-order valence-corrected chi connectivity index (χ0v) is 9.22. The van der Waals surface area contributed by atoms with Crippen LogP contribution in [-0.4, -0.2) is 32.8 Å². The molecule has 2 aromatic rings. The maximum Gasteiger partial charge on any atom is 0.354 e. The van der Waals surface area contributed by atoms with Gasteiger partial charge in [-0.25, -0.2) is 9.31 Å². The third-order valence-corrected chi connectivity index (χ3v) is 2.39. The van der Waals surface area contributed by atoms with Crippen LogP contribution in [0, 0.1) is 0 Å². The summed E-state index contributed by atoms with van der Waals surface area (Å²) in [7, 11) is 1.43. The summed E-state index contributed by atoms with van der Waals surface area (Å²) < 4.78 is 6.75. The maximum atomic E-state index is 10.9. The quantitative estimate of drug-likeness (QED) is 0.888. The molecule has 15 heavy (non-hydrogen) atoms. The molecule has 0 atom stereocenters. The Balaban J connectivity index is 2.82. The fraction of sp³-hybridized carbons (Fsp3) is 0.125. The smallest absolute Gasteiger partial charge is 0.354 e. The highest BCUT2D eigenvalue weighted by Crippen LogP contribution is 2.20. The molecule has 0 amide bonds. The molecule has 0 aliphatic heterocycles. The molecule has 2 rings (SSSR count). The van der Waals surface area contributed by atoms with Gasteiger partial charge in [-0.15, -0.1) is 0 Å². The van der Waals surface area contributed by atoms with Gasteiger partial charge in [0.1, 0.15) is 0 Å². The number of halogens is 1. The van der Waals surface area contributed by atoms with Gasteiger partial charge in [-0.05, 0) is 15.9 Å². The van der Waals surface area contributed by atoms with Gasteiger partial charge >= 0.3 is 5.97 Å². The molecule has 0 aromatic carbocycles. The summed E-state index contributed by atoms with van der Waals surface area (Å²) in [6.07, 6.45) is 1.48. The van der Waals surface area contributed by atoms with Gasteiger partial charge in [0, 0.05) is 6.07 Å². The minimum absolute atomic E-state index is 0.00236. The molecule has 2 aromatic heterocycles. The summed E-state index contributed by atoms with van der Waals surface area (Å²) in [4.78, 5) is 15.0. The minimum atomic E-state index is -1.09. The zero-order valence-electron chi connectivity index (χ0n) is 7.64. The van der Waals surface area contributed by atoms with Gasteiger partial charge in [-0.3, -0.25) is 0 Å². The van der Waals surface area contributed by atoms with Gasteiger partial charge in [-0.1, -0.05) is 0 Å². The van der Waals surface area contributed by atoms with Crippen LogP contribution in [0.25, 0.3) is 5.65 Å². The van der Waals surface area contributed by atoms with Crippen LogP contribution in [0.1, 0.15) is 10.5 Å². The highest BCUT2D eigenvalue weighted by molar-refractivity contribution is 9.10. The van der Waals surface area contributed by atoms with E-state index in [2.05, 4.69) is 26.0 Å². The Hall–Kier alpha value is -1.63. The topological polar surface area (TPSA) is 76.7 Å². The van der Waals surface area contributed by atoms with E-state index >= 15 is 0 Å². The average Bonchev–Trinajstić information content (AvgIpc) is 2.59. The molecular weight excluding hydrogens is 266 g/mol. The number of ether oxygens (including phenoxy) is 1. The van der Waals surface area contributed by atoms with E-state index in [-0.39, 0.29) is 11.6 Å². The number of rotatable bonds is 2. The number of hydrogen-bond donors (Lipinski definition) is 1. The second-order valence-corrected chi connectivity index (χ2v) is 3.57. The van der Waals surface area contributed by atoms with Gasteiger partial charge in [0.25, 0.3) is 0 Å². The summed E-state index contributed by atoms with van der Waals surface area (Å²) in [6, 6.07) is 1.31. The normalized spacial score (nSPS) is 10.5. The summed E-state index contributed by atoms with van der Waals surface area (Å²) in [5.74, 6) is -0.850. The number of aromatic nitrogens is 3. The van der Waals surface area contributed by atoms with Gasteiger partial charge in [0.2, 0.25) is 5.88 Å². The first kappa shape index (κ1) is 9.91. The van der Waals surface area contributed by atoms with Crippen LogP contribution < -0.4 is 4.74 Å². The molecule has 78 valence electrons. The highest BCUT2D eigenvalue weighted by atomic mass is 79.9. The summed E-state index contributed by atoms with van der Waals surface area (Å²) in [5, 5.41) is 12.8. The molecule has 0 radical (unpaired) electrons. The Bertz CT molecular complexity index is 537. The molecule has 0 spiro atoms. The van der Waals surface area contributed by atoms with E-state index in [1.165, 1.54) is 23.9 Å². The number of methoxy groups -OCH3 is 1. The molecule has 0 aliphatic rings. The largest absolute Gasteiger partial charge is 0.481 e. The Morgan fingerprint density at radius 1 is 1.67 bits per heavy atom. The SMILES string of the molecule is COc1cc(C(=O)O)n2ncc(Br)c2n1. The lowest BCUT2D eigenvalue weighted by molar-refractivity contribution is 0.0686.